The first-order valence-electron chi connectivity index (χ1n) is 9.27. The fourth-order valence-corrected chi connectivity index (χ4v) is 2.99. The van der Waals surface area contributed by atoms with Crippen LogP contribution < -0.4 is 15.6 Å². The van der Waals surface area contributed by atoms with Gasteiger partial charge in [0.2, 0.25) is 0 Å². The number of rotatable bonds is 6. The third-order valence-corrected chi connectivity index (χ3v) is 4.53. The zero-order valence-corrected chi connectivity index (χ0v) is 16.4. The monoisotopic (exact) mass is 376 g/mol. The minimum atomic E-state index is -0.290. The molecule has 1 aromatic heterocycles. The number of ether oxygens (including phenoxy) is 1. The summed E-state index contributed by atoms with van der Waals surface area (Å²) in [5.74, 6) is 0.323. The SMILES string of the molecule is CCOc1ccccc1NC(=O)c1ccc(=O)n(Cc2cc(C)ccc2C)c1. The second-order valence-electron chi connectivity index (χ2n) is 6.70. The quantitative estimate of drug-likeness (QED) is 0.703. The van der Waals surface area contributed by atoms with E-state index in [0.29, 0.717) is 30.2 Å². The van der Waals surface area contributed by atoms with E-state index in [-0.39, 0.29) is 11.5 Å². The molecule has 144 valence electrons. The molecule has 3 aromatic rings. The number of anilines is 1. The molecule has 0 spiro atoms. The highest BCUT2D eigenvalue weighted by Crippen LogP contribution is 2.24. The van der Waals surface area contributed by atoms with Crippen LogP contribution in [0.25, 0.3) is 0 Å². The Hall–Kier alpha value is -3.34. The molecule has 1 N–H and O–H groups in total. The number of aryl methyl sites for hydroxylation is 2. The molecule has 1 amide bonds. The smallest absolute Gasteiger partial charge is 0.257 e. The number of aromatic nitrogens is 1. The molecule has 2 aromatic carbocycles. The van der Waals surface area contributed by atoms with E-state index in [0.717, 1.165) is 16.7 Å². The fraction of sp³-hybridized carbons (Fsp3) is 0.217. The highest BCUT2D eigenvalue weighted by Gasteiger charge is 2.12. The Balaban J connectivity index is 1.86. The van der Waals surface area contributed by atoms with Gasteiger partial charge in [0.05, 0.1) is 24.4 Å². The van der Waals surface area contributed by atoms with E-state index in [1.165, 1.54) is 6.07 Å². The van der Waals surface area contributed by atoms with Crippen LogP contribution in [0.2, 0.25) is 0 Å². The first-order valence-corrected chi connectivity index (χ1v) is 9.27. The Bertz CT molecular complexity index is 1050. The second-order valence-corrected chi connectivity index (χ2v) is 6.70. The predicted molar refractivity (Wildman–Crippen MR) is 111 cm³/mol. The van der Waals surface area contributed by atoms with Gasteiger partial charge in [0.1, 0.15) is 5.75 Å². The zero-order chi connectivity index (χ0) is 20.1. The molecule has 5 heteroatoms. The molecular weight excluding hydrogens is 352 g/mol. The molecule has 0 aliphatic rings. The van der Waals surface area contributed by atoms with Gasteiger partial charge in [-0.2, -0.15) is 0 Å². The molecule has 0 unspecified atom stereocenters. The van der Waals surface area contributed by atoms with Crippen LogP contribution in [-0.4, -0.2) is 17.1 Å². The number of nitrogens with zero attached hydrogens (tertiary/aromatic N) is 1. The van der Waals surface area contributed by atoms with Crippen LogP contribution in [0.15, 0.2) is 65.6 Å². The minimum Gasteiger partial charge on any atom is -0.492 e. The van der Waals surface area contributed by atoms with Crippen molar-refractivity contribution in [2.24, 2.45) is 0 Å². The Kier molecular flexibility index (Phi) is 5.94. The molecule has 28 heavy (non-hydrogen) atoms. The number of carbonyl (C=O) groups is 1. The van der Waals surface area contributed by atoms with Gasteiger partial charge in [-0.25, -0.2) is 0 Å². The van der Waals surface area contributed by atoms with Crippen LogP contribution in [0.1, 0.15) is 34.0 Å². The Morgan fingerprint density at radius 1 is 1.07 bits per heavy atom. The number of hydrogen-bond donors (Lipinski definition) is 1. The van der Waals surface area contributed by atoms with E-state index in [1.807, 2.05) is 45.0 Å². The lowest BCUT2D eigenvalue weighted by Crippen LogP contribution is -2.23. The summed E-state index contributed by atoms with van der Waals surface area (Å²) in [6, 6.07) is 16.4. The lowest BCUT2D eigenvalue weighted by atomic mass is 10.1. The van der Waals surface area contributed by atoms with Crippen molar-refractivity contribution in [2.45, 2.75) is 27.3 Å². The standard InChI is InChI=1S/C23H24N2O3/c1-4-28-21-8-6-5-7-20(21)24-23(27)18-11-12-22(26)25(14-18)15-19-13-16(2)9-10-17(19)3/h5-14H,4,15H2,1-3H3,(H,24,27). The third kappa shape index (κ3) is 4.49. The first kappa shape index (κ1) is 19.4. The van der Waals surface area contributed by atoms with E-state index in [4.69, 9.17) is 4.74 Å². The number of pyridine rings is 1. The normalized spacial score (nSPS) is 10.5. The van der Waals surface area contributed by atoms with Gasteiger partial charge in [0.25, 0.3) is 11.5 Å². The molecule has 0 bridgehead atoms. The number of carbonyl (C=O) groups excluding carboxylic acids is 1. The van der Waals surface area contributed by atoms with E-state index >= 15 is 0 Å². The van der Waals surface area contributed by atoms with Crippen molar-refractivity contribution >= 4 is 11.6 Å². The molecule has 0 radical (unpaired) electrons. The van der Waals surface area contributed by atoms with Crippen molar-refractivity contribution in [3.63, 3.8) is 0 Å². The molecule has 0 aliphatic heterocycles. The maximum Gasteiger partial charge on any atom is 0.257 e. The summed E-state index contributed by atoms with van der Waals surface area (Å²) >= 11 is 0. The third-order valence-electron chi connectivity index (χ3n) is 4.53. The molecule has 5 nitrogen and oxygen atoms in total. The minimum absolute atomic E-state index is 0.146. The molecular formula is C23H24N2O3. The van der Waals surface area contributed by atoms with Crippen LogP contribution in [0, 0.1) is 13.8 Å². The van der Waals surface area contributed by atoms with Gasteiger partial charge in [-0.1, -0.05) is 35.9 Å². The number of para-hydroxylation sites is 2. The molecule has 0 aliphatic carbocycles. The Morgan fingerprint density at radius 2 is 1.86 bits per heavy atom. The summed E-state index contributed by atoms with van der Waals surface area (Å²) < 4.78 is 7.11. The maximum atomic E-state index is 12.7. The molecule has 1 heterocycles. The number of amides is 1. The number of benzene rings is 2. The van der Waals surface area contributed by atoms with Crippen LogP contribution in [0.5, 0.6) is 5.75 Å². The first-order chi connectivity index (χ1) is 13.5. The Labute approximate surface area is 164 Å². The topological polar surface area (TPSA) is 60.3 Å². The second kappa shape index (κ2) is 8.57. The van der Waals surface area contributed by atoms with Gasteiger partial charge in [0, 0.05) is 12.3 Å². The Morgan fingerprint density at radius 3 is 2.64 bits per heavy atom. The summed E-state index contributed by atoms with van der Waals surface area (Å²) in [6.45, 7) is 6.85. The maximum absolute atomic E-state index is 12.7. The highest BCUT2D eigenvalue weighted by atomic mass is 16.5. The molecule has 0 fully saturated rings. The number of hydrogen-bond acceptors (Lipinski definition) is 3. The summed E-state index contributed by atoms with van der Waals surface area (Å²) in [7, 11) is 0. The highest BCUT2D eigenvalue weighted by molar-refractivity contribution is 6.04. The largest absolute Gasteiger partial charge is 0.492 e. The average molecular weight is 376 g/mol. The number of nitrogens with one attached hydrogen (secondary N) is 1. The van der Waals surface area contributed by atoms with Crippen molar-refractivity contribution in [2.75, 3.05) is 11.9 Å². The van der Waals surface area contributed by atoms with Crippen molar-refractivity contribution in [1.82, 2.24) is 4.57 Å². The van der Waals surface area contributed by atoms with Crippen LogP contribution in [0.3, 0.4) is 0 Å². The van der Waals surface area contributed by atoms with E-state index in [2.05, 4.69) is 11.4 Å². The summed E-state index contributed by atoms with van der Waals surface area (Å²) in [6.07, 6.45) is 1.60. The van der Waals surface area contributed by atoms with E-state index in [1.54, 1.807) is 29.0 Å². The average Bonchev–Trinajstić information content (AvgIpc) is 2.68. The summed E-state index contributed by atoms with van der Waals surface area (Å²) in [4.78, 5) is 25.0. The van der Waals surface area contributed by atoms with Crippen LogP contribution >= 0.6 is 0 Å². The van der Waals surface area contributed by atoms with Gasteiger partial charge in [-0.05, 0) is 50.1 Å². The van der Waals surface area contributed by atoms with Crippen molar-refractivity contribution < 1.29 is 9.53 Å². The van der Waals surface area contributed by atoms with Crippen molar-refractivity contribution in [3.8, 4) is 5.75 Å². The summed E-state index contributed by atoms with van der Waals surface area (Å²) in [5, 5.41) is 2.86. The molecule has 0 atom stereocenters. The van der Waals surface area contributed by atoms with Gasteiger partial charge < -0.3 is 14.6 Å². The molecule has 0 saturated carbocycles. The van der Waals surface area contributed by atoms with Gasteiger partial charge in [0.15, 0.2) is 0 Å². The van der Waals surface area contributed by atoms with Gasteiger partial charge in [-0.15, -0.1) is 0 Å². The van der Waals surface area contributed by atoms with E-state index in [9.17, 15) is 9.59 Å². The predicted octanol–water partition coefficient (Wildman–Crippen LogP) is 4.16. The van der Waals surface area contributed by atoms with Crippen LogP contribution in [0.4, 0.5) is 5.69 Å². The van der Waals surface area contributed by atoms with Crippen LogP contribution in [-0.2, 0) is 6.54 Å². The van der Waals surface area contributed by atoms with E-state index < -0.39 is 0 Å². The van der Waals surface area contributed by atoms with Crippen molar-refractivity contribution in [3.05, 3.63) is 93.4 Å². The molecule has 0 saturated heterocycles. The zero-order valence-electron chi connectivity index (χ0n) is 16.4. The lowest BCUT2D eigenvalue weighted by molar-refractivity contribution is 0.102. The summed E-state index contributed by atoms with van der Waals surface area (Å²) in [5.41, 5.74) is 4.17. The fourth-order valence-electron chi connectivity index (χ4n) is 2.99. The van der Waals surface area contributed by atoms with Gasteiger partial charge >= 0.3 is 0 Å². The molecule has 3 rings (SSSR count). The van der Waals surface area contributed by atoms with Crippen molar-refractivity contribution in [1.29, 1.82) is 0 Å². The lowest BCUT2D eigenvalue weighted by Gasteiger charge is -2.13. The van der Waals surface area contributed by atoms with Gasteiger partial charge in [-0.3, -0.25) is 9.59 Å².